The SMILES string of the molecule is Cc1ccccc1-n1[nH]c(C)c(C(C)C)c1=O. The summed E-state index contributed by atoms with van der Waals surface area (Å²) >= 11 is 0. The first-order chi connectivity index (χ1) is 8.02. The minimum absolute atomic E-state index is 0.0619. The van der Waals surface area contributed by atoms with E-state index in [9.17, 15) is 4.79 Å². The molecule has 2 rings (SSSR count). The van der Waals surface area contributed by atoms with Gasteiger partial charge in [-0.05, 0) is 31.4 Å². The van der Waals surface area contributed by atoms with Crippen molar-refractivity contribution in [2.75, 3.05) is 0 Å². The Morgan fingerprint density at radius 1 is 1.18 bits per heavy atom. The number of hydrogen-bond acceptors (Lipinski definition) is 1. The Balaban J connectivity index is 2.67. The Bertz CT molecular complexity index is 591. The fourth-order valence-electron chi connectivity index (χ4n) is 2.22. The maximum atomic E-state index is 12.3. The highest BCUT2D eigenvalue weighted by Gasteiger charge is 2.15. The van der Waals surface area contributed by atoms with Gasteiger partial charge in [0, 0.05) is 11.3 Å². The van der Waals surface area contributed by atoms with Gasteiger partial charge < -0.3 is 0 Å². The van der Waals surface area contributed by atoms with Crippen molar-refractivity contribution < 1.29 is 0 Å². The minimum Gasteiger partial charge on any atom is -0.295 e. The summed E-state index contributed by atoms with van der Waals surface area (Å²) in [7, 11) is 0. The zero-order chi connectivity index (χ0) is 12.6. The fourth-order valence-corrected chi connectivity index (χ4v) is 2.22. The first-order valence-electron chi connectivity index (χ1n) is 5.90. The Morgan fingerprint density at radius 3 is 2.35 bits per heavy atom. The summed E-state index contributed by atoms with van der Waals surface area (Å²) in [6, 6.07) is 7.88. The van der Waals surface area contributed by atoms with Gasteiger partial charge in [-0.1, -0.05) is 32.0 Å². The number of aromatic amines is 1. The number of rotatable bonds is 2. The third-order valence-corrected chi connectivity index (χ3v) is 3.05. The van der Waals surface area contributed by atoms with Gasteiger partial charge in [0.15, 0.2) is 0 Å². The summed E-state index contributed by atoms with van der Waals surface area (Å²) in [5.41, 5.74) is 3.90. The van der Waals surface area contributed by atoms with E-state index in [2.05, 4.69) is 5.10 Å². The van der Waals surface area contributed by atoms with E-state index < -0.39 is 0 Å². The molecule has 0 saturated carbocycles. The molecule has 0 amide bonds. The van der Waals surface area contributed by atoms with E-state index in [1.807, 2.05) is 52.0 Å². The van der Waals surface area contributed by atoms with Crippen LogP contribution in [0, 0.1) is 13.8 Å². The van der Waals surface area contributed by atoms with Crippen molar-refractivity contribution in [3.63, 3.8) is 0 Å². The zero-order valence-corrected chi connectivity index (χ0v) is 10.7. The molecule has 0 aliphatic carbocycles. The predicted molar refractivity (Wildman–Crippen MR) is 70.0 cm³/mol. The van der Waals surface area contributed by atoms with Crippen molar-refractivity contribution in [3.05, 3.63) is 51.4 Å². The summed E-state index contributed by atoms with van der Waals surface area (Å²) in [4.78, 5) is 12.3. The number of hydrogen-bond donors (Lipinski definition) is 1. The molecule has 0 aliphatic rings. The average molecular weight is 230 g/mol. The molecule has 17 heavy (non-hydrogen) atoms. The Hall–Kier alpha value is -1.77. The third kappa shape index (κ3) is 1.93. The van der Waals surface area contributed by atoms with Gasteiger partial charge in [0.1, 0.15) is 0 Å². The minimum atomic E-state index is 0.0619. The molecule has 0 spiro atoms. The van der Waals surface area contributed by atoms with Crippen LogP contribution < -0.4 is 5.56 Å². The largest absolute Gasteiger partial charge is 0.295 e. The normalized spacial score (nSPS) is 11.1. The third-order valence-electron chi connectivity index (χ3n) is 3.05. The molecule has 1 aromatic carbocycles. The monoisotopic (exact) mass is 230 g/mol. The molecule has 1 N–H and O–H groups in total. The van der Waals surface area contributed by atoms with Crippen LogP contribution in [0.2, 0.25) is 0 Å². The van der Waals surface area contributed by atoms with Crippen LogP contribution in [0.3, 0.4) is 0 Å². The maximum Gasteiger partial charge on any atom is 0.274 e. The number of H-pyrrole nitrogens is 1. The van der Waals surface area contributed by atoms with Gasteiger partial charge in [-0.3, -0.25) is 9.89 Å². The van der Waals surface area contributed by atoms with Crippen molar-refractivity contribution in [3.8, 4) is 5.69 Å². The molecule has 1 heterocycles. The molecule has 0 radical (unpaired) electrons. The molecule has 0 fully saturated rings. The molecule has 3 heteroatoms. The Morgan fingerprint density at radius 2 is 1.82 bits per heavy atom. The number of nitrogens with one attached hydrogen (secondary N) is 1. The quantitative estimate of drug-likeness (QED) is 0.846. The van der Waals surface area contributed by atoms with Crippen molar-refractivity contribution in [1.29, 1.82) is 0 Å². The highest BCUT2D eigenvalue weighted by atomic mass is 16.1. The standard InChI is InChI=1S/C14H18N2O/c1-9(2)13-11(4)15-16(14(13)17)12-8-6-5-7-10(12)3/h5-9,15H,1-4H3. The van der Waals surface area contributed by atoms with Gasteiger partial charge in [0.2, 0.25) is 0 Å². The average Bonchev–Trinajstić information content (AvgIpc) is 2.55. The molecule has 90 valence electrons. The summed E-state index contributed by atoms with van der Waals surface area (Å²) < 4.78 is 1.64. The van der Waals surface area contributed by atoms with Crippen LogP contribution in [0.1, 0.15) is 36.6 Å². The fraction of sp³-hybridized carbons (Fsp3) is 0.357. The molecule has 0 aliphatic heterocycles. The number of aromatic nitrogens is 2. The van der Waals surface area contributed by atoms with Gasteiger partial charge in [0.25, 0.3) is 5.56 Å². The molecular formula is C14H18N2O. The molecule has 0 atom stereocenters. The van der Waals surface area contributed by atoms with E-state index in [1.54, 1.807) is 4.68 Å². The highest BCUT2D eigenvalue weighted by Crippen LogP contribution is 2.16. The van der Waals surface area contributed by atoms with Gasteiger partial charge >= 0.3 is 0 Å². The topological polar surface area (TPSA) is 37.8 Å². The lowest BCUT2D eigenvalue weighted by molar-refractivity contribution is 0.819. The van der Waals surface area contributed by atoms with Gasteiger partial charge in [-0.15, -0.1) is 0 Å². The van der Waals surface area contributed by atoms with E-state index in [0.29, 0.717) is 0 Å². The van der Waals surface area contributed by atoms with E-state index in [1.165, 1.54) is 0 Å². The van der Waals surface area contributed by atoms with E-state index in [0.717, 1.165) is 22.5 Å². The van der Waals surface area contributed by atoms with Crippen LogP contribution in [-0.2, 0) is 0 Å². The van der Waals surface area contributed by atoms with Crippen molar-refractivity contribution in [1.82, 2.24) is 9.78 Å². The Kier molecular flexibility index (Phi) is 2.92. The lowest BCUT2D eigenvalue weighted by Gasteiger charge is -2.05. The van der Waals surface area contributed by atoms with E-state index in [-0.39, 0.29) is 11.5 Å². The first-order valence-corrected chi connectivity index (χ1v) is 5.90. The number of para-hydroxylation sites is 1. The number of aryl methyl sites for hydroxylation is 2. The van der Waals surface area contributed by atoms with Gasteiger partial charge in [-0.2, -0.15) is 0 Å². The van der Waals surface area contributed by atoms with Crippen LogP contribution in [0.25, 0.3) is 5.69 Å². The zero-order valence-electron chi connectivity index (χ0n) is 10.7. The highest BCUT2D eigenvalue weighted by molar-refractivity contribution is 5.40. The molecule has 0 bridgehead atoms. The van der Waals surface area contributed by atoms with Crippen LogP contribution in [-0.4, -0.2) is 9.78 Å². The lowest BCUT2D eigenvalue weighted by atomic mass is 10.0. The molecular weight excluding hydrogens is 212 g/mol. The predicted octanol–water partition coefficient (Wildman–Crippen LogP) is 2.91. The van der Waals surface area contributed by atoms with Crippen molar-refractivity contribution in [2.45, 2.75) is 33.6 Å². The van der Waals surface area contributed by atoms with Crippen molar-refractivity contribution >= 4 is 0 Å². The van der Waals surface area contributed by atoms with Gasteiger partial charge in [-0.25, -0.2) is 4.68 Å². The molecule has 2 aromatic rings. The van der Waals surface area contributed by atoms with Crippen molar-refractivity contribution in [2.24, 2.45) is 0 Å². The summed E-state index contributed by atoms with van der Waals surface area (Å²) in [6.07, 6.45) is 0. The summed E-state index contributed by atoms with van der Waals surface area (Å²) in [5.74, 6) is 0.240. The van der Waals surface area contributed by atoms with Crippen LogP contribution in [0.5, 0.6) is 0 Å². The lowest BCUT2D eigenvalue weighted by Crippen LogP contribution is -2.18. The van der Waals surface area contributed by atoms with E-state index in [4.69, 9.17) is 0 Å². The van der Waals surface area contributed by atoms with Crippen LogP contribution in [0.15, 0.2) is 29.1 Å². The summed E-state index contributed by atoms with van der Waals surface area (Å²) in [6.45, 7) is 8.04. The van der Waals surface area contributed by atoms with Crippen LogP contribution >= 0.6 is 0 Å². The van der Waals surface area contributed by atoms with E-state index >= 15 is 0 Å². The number of benzene rings is 1. The molecule has 0 unspecified atom stereocenters. The smallest absolute Gasteiger partial charge is 0.274 e. The number of nitrogens with zero attached hydrogens (tertiary/aromatic N) is 1. The second kappa shape index (κ2) is 4.24. The first kappa shape index (κ1) is 11.7. The van der Waals surface area contributed by atoms with Gasteiger partial charge in [0.05, 0.1) is 5.69 Å². The molecule has 0 saturated heterocycles. The summed E-state index contributed by atoms with van der Waals surface area (Å²) in [5, 5.41) is 3.16. The molecule has 1 aromatic heterocycles. The molecule has 3 nitrogen and oxygen atoms in total. The Labute approximate surface area is 101 Å². The second-order valence-corrected chi connectivity index (χ2v) is 4.73. The van der Waals surface area contributed by atoms with Crippen LogP contribution in [0.4, 0.5) is 0 Å². The second-order valence-electron chi connectivity index (χ2n) is 4.73. The maximum absolute atomic E-state index is 12.3.